The van der Waals surface area contributed by atoms with Crippen LogP contribution in [0.2, 0.25) is 0 Å². The Morgan fingerprint density at radius 2 is 1.13 bits per heavy atom. The van der Waals surface area contributed by atoms with Gasteiger partial charge in [0.15, 0.2) is 5.78 Å². The molecule has 1 aliphatic rings. The smallest absolute Gasteiger partial charge is 0.237 e. The van der Waals surface area contributed by atoms with Crippen molar-refractivity contribution in [2.24, 2.45) is 11.8 Å². The van der Waals surface area contributed by atoms with E-state index in [9.17, 15) is 14.4 Å². The van der Waals surface area contributed by atoms with Crippen LogP contribution < -0.4 is 5.32 Å². The third-order valence-electron chi connectivity index (χ3n) is 6.00. The van der Waals surface area contributed by atoms with E-state index in [1.54, 1.807) is 0 Å². The van der Waals surface area contributed by atoms with Gasteiger partial charge in [0.05, 0.1) is 5.92 Å². The molecule has 1 heterocycles. The number of piperidine rings is 1. The van der Waals surface area contributed by atoms with Crippen molar-refractivity contribution in [2.75, 3.05) is 0 Å². The minimum absolute atomic E-state index is 0.0770. The van der Waals surface area contributed by atoms with E-state index in [0.29, 0.717) is 19.3 Å². The third kappa shape index (κ3) is 4.80. The van der Waals surface area contributed by atoms with Crippen LogP contribution in [0.15, 0.2) is 91.0 Å². The van der Waals surface area contributed by atoms with Crippen molar-refractivity contribution in [1.82, 2.24) is 5.32 Å². The molecule has 1 saturated heterocycles. The lowest BCUT2D eigenvalue weighted by Crippen LogP contribution is -2.53. The van der Waals surface area contributed by atoms with Gasteiger partial charge in [-0.3, -0.25) is 19.7 Å². The fraction of sp³-hybridized carbons (Fsp3) is 0.222. The van der Waals surface area contributed by atoms with E-state index in [1.807, 2.05) is 66.7 Å². The van der Waals surface area contributed by atoms with Crippen molar-refractivity contribution in [2.45, 2.75) is 25.2 Å². The Hall–Kier alpha value is -3.53. The average Bonchev–Trinajstić information content (AvgIpc) is 2.81. The Balaban J connectivity index is 1.53. The Morgan fingerprint density at radius 3 is 1.68 bits per heavy atom. The average molecular weight is 412 g/mol. The van der Waals surface area contributed by atoms with Crippen LogP contribution in [0.3, 0.4) is 0 Å². The Morgan fingerprint density at radius 1 is 0.645 bits per heavy atom. The molecule has 1 aliphatic heterocycles. The highest BCUT2D eigenvalue weighted by Crippen LogP contribution is 2.32. The molecule has 0 bridgehead atoms. The predicted octanol–water partition coefficient (Wildman–Crippen LogP) is 4.30. The first kappa shape index (κ1) is 20.7. The highest BCUT2D eigenvalue weighted by molar-refractivity contribution is 6.20. The minimum Gasteiger partial charge on any atom is -0.298 e. The lowest BCUT2D eigenvalue weighted by molar-refractivity contribution is -0.148. The molecule has 1 N–H and O–H groups in total. The molecule has 31 heavy (non-hydrogen) atoms. The maximum atomic E-state index is 13.2. The van der Waals surface area contributed by atoms with Crippen molar-refractivity contribution in [3.8, 4) is 0 Å². The second-order valence-corrected chi connectivity index (χ2v) is 8.00. The number of benzene rings is 3. The number of carbonyl (C=O) groups excluding carboxylic acids is 3. The van der Waals surface area contributed by atoms with Crippen molar-refractivity contribution in [1.29, 1.82) is 0 Å². The Bertz CT molecular complexity index is 1010. The summed E-state index contributed by atoms with van der Waals surface area (Å²) in [5.41, 5.74) is 3.21. The van der Waals surface area contributed by atoms with E-state index in [4.69, 9.17) is 0 Å². The van der Waals surface area contributed by atoms with E-state index in [0.717, 1.165) is 16.7 Å². The summed E-state index contributed by atoms with van der Waals surface area (Å²) < 4.78 is 0. The molecule has 0 saturated carbocycles. The summed E-state index contributed by atoms with van der Waals surface area (Å²) in [4.78, 5) is 38.1. The van der Waals surface area contributed by atoms with Gasteiger partial charge < -0.3 is 0 Å². The summed E-state index contributed by atoms with van der Waals surface area (Å²) in [5.74, 6) is -2.78. The quantitative estimate of drug-likeness (QED) is 0.466. The number of hydrogen-bond acceptors (Lipinski definition) is 3. The van der Waals surface area contributed by atoms with Gasteiger partial charge in [-0.1, -0.05) is 91.0 Å². The fourth-order valence-corrected chi connectivity index (χ4v) is 4.34. The number of Topliss-reactive ketones (excluding diaryl/α,β-unsaturated/α-hetero) is 1. The van der Waals surface area contributed by atoms with Crippen LogP contribution in [-0.4, -0.2) is 17.6 Å². The Kier molecular flexibility index (Phi) is 6.37. The molecule has 3 aromatic carbocycles. The van der Waals surface area contributed by atoms with Gasteiger partial charge in [0.1, 0.15) is 5.92 Å². The van der Waals surface area contributed by atoms with Gasteiger partial charge in [-0.05, 0) is 36.0 Å². The van der Waals surface area contributed by atoms with Gasteiger partial charge >= 0.3 is 0 Å². The van der Waals surface area contributed by atoms with E-state index in [-0.39, 0.29) is 11.7 Å². The normalized spacial score (nSPS) is 18.8. The van der Waals surface area contributed by atoms with Crippen molar-refractivity contribution in [3.05, 3.63) is 108 Å². The zero-order chi connectivity index (χ0) is 21.6. The van der Waals surface area contributed by atoms with E-state index >= 15 is 0 Å². The van der Waals surface area contributed by atoms with Crippen LogP contribution in [0.4, 0.5) is 0 Å². The fourth-order valence-electron chi connectivity index (χ4n) is 4.34. The zero-order valence-electron chi connectivity index (χ0n) is 17.2. The number of rotatable bonds is 7. The molecule has 4 heteroatoms. The molecule has 0 aromatic heterocycles. The maximum Gasteiger partial charge on any atom is 0.237 e. The van der Waals surface area contributed by atoms with Gasteiger partial charge in [-0.2, -0.15) is 0 Å². The number of hydrogen-bond donors (Lipinski definition) is 1. The highest BCUT2D eigenvalue weighted by Gasteiger charge is 2.42. The first-order valence-electron chi connectivity index (χ1n) is 10.7. The molecule has 0 aliphatic carbocycles. The van der Waals surface area contributed by atoms with Gasteiger partial charge in [0, 0.05) is 5.92 Å². The van der Waals surface area contributed by atoms with E-state index in [1.165, 1.54) is 0 Å². The summed E-state index contributed by atoms with van der Waals surface area (Å²) >= 11 is 0. The molecular formula is C27H25NO3. The summed E-state index contributed by atoms with van der Waals surface area (Å²) in [7, 11) is 0. The largest absolute Gasteiger partial charge is 0.298 e. The summed E-state index contributed by atoms with van der Waals surface area (Å²) in [6, 6.07) is 29.7. The van der Waals surface area contributed by atoms with E-state index in [2.05, 4.69) is 29.6 Å². The molecule has 4 rings (SSSR count). The maximum absolute atomic E-state index is 13.2. The van der Waals surface area contributed by atoms with Crippen LogP contribution in [0.5, 0.6) is 0 Å². The molecule has 1 fully saturated rings. The molecule has 2 unspecified atom stereocenters. The molecule has 156 valence electrons. The van der Waals surface area contributed by atoms with Gasteiger partial charge in [0.25, 0.3) is 0 Å². The van der Waals surface area contributed by atoms with Crippen molar-refractivity contribution >= 4 is 17.6 Å². The summed E-state index contributed by atoms with van der Waals surface area (Å²) in [5, 5.41) is 2.43. The molecule has 2 amide bonds. The number of ketones is 1. The number of imide groups is 1. The topological polar surface area (TPSA) is 63.2 Å². The molecule has 4 nitrogen and oxygen atoms in total. The molecule has 0 spiro atoms. The minimum atomic E-state index is -0.822. The van der Waals surface area contributed by atoms with Crippen molar-refractivity contribution < 1.29 is 14.4 Å². The third-order valence-corrected chi connectivity index (χ3v) is 6.00. The van der Waals surface area contributed by atoms with Gasteiger partial charge in [-0.25, -0.2) is 0 Å². The molecular weight excluding hydrogens is 386 g/mol. The Labute approximate surface area is 182 Å². The lowest BCUT2D eigenvalue weighted by Gasteiger charge is -2.28. The van der Waals surface area contributed by atoms with Crippen LogP contribution in [0.1, 0.15) is 35.4 Å². The predicted molar refractivity (Wildman–Crippen MR) is 119 cm³/mol. The zero-order valence-corrected chi connectivity index (χ0v) is 17.2. The first-order chi connectivity index (χ1) is 15.1. The van der Waals surface area contributed by atoms with Crippen LogP contribution in [-0.2, 0) is 20.8 Å². The van der Waals surface area contributed by atoms with Crippen LogP contribution >= 0.6 is 0 Å². The van der Waals surface area contributed by atoms with Crippen molar-refractivity contribution in [3.63, 3.8) is 0 Å². The van der Waals surface area contributed by atoms with Crippen LogP contribution in [0.25, 0.3) is 0 Å². The molecule has 2 atom stereocenters. The number of nitrogens with one attached hydrogen (secondary N) is 1. The van der Waals surface area contributed by atoms with Gasteiger partial charge in [-0.15, -0.1) is 0 Å². The molecule has 3 aromatic rings. The highest BCUT2D eigenvalue weighted by atomic mass is 16.2. The number of carbonyl (C=O) groups is 3. The summed E-state index contributed by atoms with van der Waals surface area (Å²) in [6.45, 7) is 0. The van der Waals surface area contributed by atoms with Gasteiger partial charge in [0.2, 0.25) is 11.8 Å². The first-order valence-corrected chi connectivity index (χ1v) is 10.7. The summed E-state index contributed by atoms with van der Waals surface area (Å²) in [6.07, 6.45) is 1.36. The lowest BCUT2D eigenvalue weighted by atomic mass is 9.78. The number of amides is 2. The SMILES string of the molecule is O=C1NC(=O)C(Cc2ccccc2)C(=O)C1CCC(c1ccccc1)c1ccccc1. The van der Waals surface area contributed by atoms with E-state index < -0.39 is 23.7 Å². The van der Waals surface area contributed by atoms with Crippen LogP contribution in [0, 0.1) is 11.8 Å². The second-order valence-electron chi connectivity index (χ2n) is 8.00. The second kappa shape index (κ2) is 9.52. The standard InChI is InChI=1S/C27H25NO3/c29-25-23(26(30)28-27(31)24(25)18-19-10-4-1-5-11-19)17-16-22(20-12-6-2-7-13-20)21-14-8-3-9-15-21/h1-15,22-24H,16-18H2,(H,28,30,31). The monoisotopic (exact) mass is 411 g/mol. The molecule has 0 radical (unpaired) electrons.